The summed E-state index contributed by atoms with van der Waals surface area (Å²) in [6, 6.07) is 3.50. The zero-order valence-corrected chi connectivity index (χ0v) is 11.7. The Hall–Kier alpha value is -1.51. The molecule has 0 bridgehead atoms. The van der Waals surface area contributed by atoms with E-state index < -0.39 is 11.9 Å². The zero-order chi connectivity index (χ0) is 14.1. The van der Waals surface area contributed by atoms with Crippen molar-refractivity contribution in [2.75, 3.05) is 0 Å². The lowest BCUT2D eigenvalue weighted by Gasteiger charge is -2.27. The molecule has 0 radical (unpaired) electrons. The van der Waals surface area contributed by atoms with Crippen LogP contribution in [0.1, 0.15) is 56.7 Å². The number of hydrogen-bond acceptors (Lipinski definition) is 3. The van der Waals surface area contributed by atoms with Gasteiger partial charge in [0.2, 0.25) is 0 Å². The van der Waals surface area contributed by atoms with Crippen LogP contribution in [0.15, 0.2) is 12.1 Å². The molecule has 100 valence electrons. The fourth-order valence-electron chi connectivity index (χ4n) is 1.90. The number of hydrogen-bond donors (Lipinski definition) is 1. The quantitative estimate of drug-likeness (QED) is 0.890. The average molecular weight is 249 g/mol. The highest BCUT2D eigenvalue weighted by atomic mass is 16.4. The van der Waals surface area contributed by atoms with E-state index in [0.29, 0.717) is 11.1 Å². The van der Waals surface area contributed by atoms with Gasteiger partial charge in [-0.15, -0.1) is 0 Å². The van der Waals surface area contributed by atoms with Gasteiger partial charge in [0.15, 0.2) is 0 Å². The van der Waals surface area contributed by atoms with E-state index in [9.17, 15) is 15.0 Å². The molecule has 3 heteroatoms. The number of aryl methyl sites for hydroxylation is 1. The highest BCUT2D eigenvalue weighted by Gasteiger charge is 2.24. The van der Waals surface area contributed by atoms with Crippen molar-refractivity contribution in [1.29, 1.82) is 0 Å². The first kappa shape index (κ1) is 14.6. The van der Waals surface area contributed by atoms with Crippen LogP contribution in [0.2, 0.25) is 0 Å². The second kappa shape index (κ2) is 5.01. The summed E-state index contributed by atoms with van der Waals surface area (Å²) < 4.78 is 0. The lowest BCUT2D eigenvalue weighted by Crippen LogP contribution is -2.28. The first-order chi connectivity index (χ1) is 8.20. The van der Waals surface area contributed by atoms with Gasteiger partial charge in [0, 0.05) is 17.5 Å². The van der Waals surface area contributed by atoms with Crippen molar-refractivity contribution in [3.8, 4) is 5.75 Å². The van der Waals surface area contributed by atoms with E-state index in [1.807, 2.05) is 20.8 Å². The second-order valence-electron chi connectivity index (χ2n) is 5.51. The Balaban J connectivity index is 3.40. The molecule has 3 nitrogen and oxygen atoms in total. The Kier molecular flexibility index (Phi) is 4.05. The maximum Gasteiger partial charge on any atom is 0.122 e. The molecular weight excluding hydrogens is 228 g/mol. The van der Waals surface area contributed by atoms with Gasteiger partial charge >= 0.3 is 0 Å². The summed E-state index contributed by atoms with van der Waals surface area (Å²) >= 11 is 0. The minimum atomic E-state index is -1.10. The van der Waals surface area contributed by atoms with Gasteiger partial charge < -0.3 is 15.0 Å². The molecule has 1 unspecified atom stereocenters. The van der Waals surface area contributed by atoms with E-state index in [2.05, 4.69) is 0 Å². The molecule has 0 aliphatic carbocycles. The van der Waals surface area contributed by atoms with E-state index in [1.54, 1.807) is 26.0 Å². The van der Waals surface area contributed by atoms with E-state index >= 15 is 0 Å². The molecule has 0 spiro atoms. The number of carbonyl (C=O) groups is 1. The third-order valence-electron chi connectivity index (χ3n) is 3.79. The van der Waals surface area contributed by atoms with Crippen LogP contribution in [0.5, 0.6) is 5.75 Å². The number of aromatic hydroxyl groups is 1. The summed E-state index contributed by atoms with van der Waals surface area (Å²) in [4.78, 5) is 11.0. The summed E-state index contributed by atoms with van der Waals surface area (Å²) in [6.45, 7) is 9.51. The Bertz CT molecular complexity index is 461. The molecule has 1 rings (SSSR count). The normalized spacial score (nSPS) is 13.4. The molecule has 0 saturated heterocycles. The minimum Gasteiger partial charge on any atom is -0.550 e. The summed E-state index contributed by atoms with van der Waals surface area (Å²) in [5, 5.41) is 21.1. The first-order valence-corrected chi connectivity index (χ1v) is 6.25. The van der Waals surface area contributed by atoms with Gasteiger partial charge in [-0.25, -0.2) is 0 Å². The summed E-state index contributed by atoms with van der Waals surface area (Å²) in [5.41, 5.74) is 2.00. The standard InChI is InChI=1S/C15H22O3/c1-6-15(4,5)12-8-11(10(3)14(17)18)7-9(2)13(12)16/h7-8,10,16H,6H2,1-5H3,(H,17,18)/p-1. The van der Waals surface area contributed by atoms with Crippen molar-refractivity contribution < 1.29 is 15.0 Å². The monoisotopic (exact) mass is 249 g/mol. The Morgan fingerprint density at radius 2 is 2.00 bits per heavy atom. The molecule has 0 aliphatic rings. The number of carbonyl (C=O) groups excluding carboxylic acids is 1. The van der Waals surface area contributed by atoms with Crippen molar-refractivity contribution in [2.24, 2.45) is 0 Å². The predicted octanol–water partition coefficient (Wildman–Crippen LogP) is 2.24. The third-order valence-corrected chi connectivity index (χ3v) is 3.79. The van der Waals surface area contributed by atoms with E-state index in [-0.39, 0.29) is 11.2 Å². The van der Waals surface area contributed by atoms with Gasteiger partial charge in [-0.2, -0.15) is 0 Å². The molecule has 0 heterocycles. The van der Waals surface area contributed by atoms with E-state index in [4.69, 9.17) is 0 Å². The Morgan fingerprint density at radius 1 is 1.44 bits per heavy atom. The predicted molar refractivity (Wildman–Crippen MR) is 69.6 cm³/mol. The number of aliphatic carboxylic acids is 1. The van der Waals surface area contributed by atoms with E-state index in [0.717, 1.165) is 12.0 Å². The van der Waals surface area contributed by atoms with Crippen LogP contribution in [-0.4, -0.2) is 11.1 Å². The van der Waals surface area contributed by atoms with Crippen LogP contribution < -0.4 is 5.11 Å². The average Bonchev–Trinajstić information content (AvgIpc) is 2.31. The van der Waals surface area contributed by atoms with Crippen LogP contribution in [0.25, 0.3) is 0 Å². The number of rotatable bonds is 4. The number of phenolic OH excluding ortho intramolecular Hbond substituents is 1. The molecule has 1 aromatic carbocycles. The number of phenols is 1. The van der Waals surface area contributed by atoms with Crippen molar-refractivity contribution in [1.82, 2.24) is 0 Å². The molecule has 0 saturated carbocycles. The van der Waals surface area contributed by atoms with Crippen LogP contribution in [0.3, 0.4) is 0 Å². The molecular formula is C15H21O3-. The van der Waals surface area contributed by atoms with Gasteiger partial charge in [-0.1, -0.05) is 39.8 Å². The molecule has 1 aromatic rings. The highest BCUT2D eigenvalue weighted by molar-refractivity contribution is 5.74. The number of carboxylic acids is 1. The lowest BCUT2D eigenvalue weighted by molar-refractivity contribution is -0.307. The smallest absolute Gasteiger partial charge is 0.122 e. The molecule has 1 atom stereocenters. The summed E-state index contributed by atoms with van der Waals surface area (Å²) in [5.74, 6) is -1.51. The van der Waals surface area contributed by atoms with Gasteiger partial charge in [0.05, 0.1) is 0 Å². The summed E-state index contributed by atoms with van der Waals surface area (Å²) in [7, 11) is 0. The number of benzene rings is 1. The van der Waals surface area contributed by atoms with Crippen molar-refractivity contribution in [2.45, 2.75) is 52.4 Å². The molecule has 1 N–H and O–H groups in total. The highest BCUT2D eigenvalue weighted by Crippen LogP contribution is 2.37. The van der Waals surface area contributed by atoms with Crippen molar-refractivity contribution >= 4 is 5.97 Å². The molecule has 0 amide bonds. The van der Waals surface area contributed by atoms with Gasteiger partial charge in [0.1, 0.15) is 5.75 Å². The van der Waals surface area contributed by atoms with Gasteiger partial charge in [-0.05, 0) is 29.9 Å². The van der Waals surface area contributed by atoms with Gasteiger partial charge in [-0.3, -0.25) is 0 Å². The first-order valence-electron chi connectivity index (χ1n) is 6.25. The molecule has 0 aromatic heterocycles. The third kappa shape index (κ3) is 2.66. The minimum absolute atomic E-state index is 0.184. The molecule has 0 fully saturated rings. The molecule has 18 heavy (non-hydrogen) atoms. The largest absolute Gasteiger partial charge is 0.550 e. The fraction of sp³-hybridized carbons (Fsp3) is 0.533. The van der Waals surface area contributed by atoms with Crippen LogP contribution >= 0.6 is 0 Å². The van der Waals surface area contributed by atoms with Gasteiger partial charge in [0.25, 0.3) is 0 Å². The molecule has 0 aliphatic heterocycles. The van der Waals surface area contributed by atoms with Crippen LogP contribution in [0.4, 0.5) is 0 Å². The zero-order valence-electron chi connectivity index (χ0n) is 11.7. The Morgan fingerprint density at radius 3 is 2.44 bits per heavy atom. The Labute approximate surface area is 108 Å². The van der Waals surface area contributed by atoms with Crippen LogP contribution in [0, 0.1) is 6.92 Å². The van der Waals surface area contributed by atoms with E-state index in [1.165, 1.54) is 0 Å². The van der Waals surface area contributed by atoms with Crippen molar-refractivity contribution in [3.63, 3.8) is 0 Å². The topological polar surface area (TPSA) is 60.4 Å². The SMILES string of the molecule is CCC(C)(C)c1cc(C(C)C(=O)[O-])cc(C)c1O. The lowest BCUT2D eigenvalue weighted by atomic mass is 9.79. The number of carboxylic acid groups (broad SMARTS) is 1. The van der Waals surface area contributed by atoms with Crippen molar-refractivity contribution in [3.05, 3.63) is 28.8 Å². The summed E-state index contributed by atoms with van der Waals surface area (Å²) in [6.07, 6.45) is 0.864. The maximum atomic E-state index is 11.0. The van der Waals surface area contributed by atoms with Crippen LogP contribution in [-0.2, 0) is 10.2 Å². The maximum absolute atomic E-state index is 11.0. The fourth-order valence-corrected chi connectivity index (χ4v) is 1.90. The second-order valence-corrected chi connectivity index (χ2v) is 5.51.